The van der Waals surface area contributed by atoms with Gasteiger partial charge in [0.1, 0.15) is 25.3 Å². The molecule has 0 radical (unpaired) electrons. The number of H-pyrrole nitrogens is 3. The second-order valence-electron chi connectivity index (χ2n) is 18.5. The molecule has 0 aliphatic rings. The van der Waals surface area contributed by atoms with Crippen LogP contribution in [0.5, 0.6) is 0 Å². The molecule has 11 heteroatoms. The molecule has 0 aliphatic heterocycles. The van der Waals surface area contributed by atoms with Gasteiger partial charge in [0.2, 0.25) is 0 Å². The first-order valence-electron chi connectivity index (χ1n) is 16.8. The van der Waals surface area contributed by atoms with Crippen molar-refractivity contribution < 1.29 is 0 Å². The highest BCUT2D eigenvalue weighted by Crippen LogP contribution is 2.09. The van der Waals surface area contributed by atoms with E-state index in [0.29, 0.717) is 27.1 Å². The van der Waals surface area contributed by atoms with E-state index in [2.05, 4.69) is 184 Å². The van der Waals surface area contributed by atoms with Gasteiger partial charge >= 0.3 is 0 Å². The van der Waals surface area contributed by atoms with Gasteiger partial charge in [-0.1, -0.05) is 151 Å². The third-order valence-electron chi connectivity index (χ3n) is 1.84. The fraction of sp³-hybridized carbons (Fsp3) is 0.641. The van der Waals surface area contributed by atoms with E-state index in [1.807, 2.05) is 28.3 Å². The molecule has 0 unspecified atom stereocenters. The van der Waals surface area contributed by atoms with Crippen molar-refractivity contribution in [2.24, 2.45) is 27.1 Å². The summed E-state index contributed by atoms with van der Waals surface area (Å²) in [6.45, 7) is 43.8. The Bertz CT molecular complexity index is 799. The standard InChI is InChI=1S/5C5H12.C4H4S.C3H4N2.C3H3NS.2C2H3N3/c5*1-5(2,3)4;1-2-4-5-3-1;2*1-2-5-3-4-1;2*1-3-2-5-4-1/h5*1-4H3;1-4H;1-3H,(H,4,5);1-3H;2*1-2H,(H,3,4,5). The van der Waals surface area contributed by atoms with Gasteiger partial charge in [-0.2, -0.15) is 21.5 Å². The van der Waals surface area contributed by atoms with E-state index in [-0.39, 0.29) is 0 Å². The molecular formula is C39H77N9S2. The Kier molecular flexibility index (Phi) is 38.5. The Morgan fingerprint density at radius 2 is 0.760 bits per heavy atom. The summed E-state index contributed by atoms with van der Waals surface area (Å²) in [7, 11) is 0. The molecule has 0 saturated carbocycles. The smallest absolute Gasteiger partial charge is 0.137 e. The molecule has 290 valence electrons. The minimum atomic E-state index is 0.500. The van der Waals surface area contributed by atoms with Gasteiger partial charge in [-0.05, 0) is 37.8 Å². The fourth-order valence-corrected chi connectivity index (χ4v) is 1.76. The topological polar surface area (TPSA) is 125 Å². The predicted octanol–water partition coefficient (Wildman–Crippen LogP) is 13.2. The first-order valence-corrected chi connectivity index (χ1v) is 18.7. The van der Waals surface area contributed by atoms with Crippen molar-refractivity contribution in [3.8, 4) is 0 Å². The monoisotopic (exact) mass is 736 g/mol. The molecule has 5 aromatic rings. The number of rotatable bonds is 0. The van der Waals surface area contributed by atoms with E-state index in [4.69, 9.17) is 0 Å². The van der Waals surface area contributed by atoms with Crippen molar-refractivity contribution in [2.75, 3.05) is 0 Å². The van der Waals surface area contributed by atoms with Crippen molar-refractivity contribution in [3.05, 3.63) is 84.0 Å². The lowest BCUT2D eigenvalue weighted by Gasteiger charge is -2.05. The van der Waals surface area contributed by atoms with Crippen molar-refractivity contribution in [1.82, 2.24) is 45.3 Å². The quantitative estimate of drug-likeness (QED) is 0.145. The number of nitrogens with zero attached hydrogens (tertiary/aromatic N) is 6. The van der Waals surface area contributed by atoms with Crippen LogP contribution in [-0.4, -0.2) is 45.3 Å². The van der Waals surface area contributed by atoms with Crippen molar-refractivity contribution in [3.63, 3.8) is 0 Å². The molecule has 0 spiro atoms. The lowest BCUT2D eigenvalue weighted by Crippen LogP contribution is -1.93. The molecule has 50 heavy (non-hydrogen) atoms. The van der Waals surface area contributed by atoms with Crippen LogP contribution in [-0.2, 0) is 0 Å². The van der Waals surface area contributed by atoms with Crippen LogP contribution >= 0.6 is 22.7 Å². The number of aromatic nitrogens is 9. The molecule has 9 nitrogen and oxygen atoms in total. The van der Waals surface area contributed by atoms with Crippen molar-refractivity contribution in [1.29, 1.82) is 0 Å². The summed E-state index contributed by atoms with van der Waals surface area (Å²) in [6.07, 6.45) is 12.8. The SMILES string of the molecule is CC(C)(C)C.CC(C)(C)C.CC(C)(C)C.CC(C)(C)C.CC(C)(C)C.c1c[nH]cn1.c1ccsc1.c1cscn1.c1nc[nH]n1.c1nc[nH]n1. The third kappa shape index (κ3) is 181. The molecule has 0 atom stereocenters. The molecule has 0 fully saturated rings. The predicted molar refractivity (Wildman–Crippen MR) is 223 cm³/mol. The molecule has 0 aromatic carbocycles. The van der Waals surface area contributed by atoms with Crippen LogP contribution in [0.25, 0.3) is 0 Å². The molecule has 0 bridgehead atoms. The normalized spacial score (nSPS) is 10.0. The summed E-state index contributed by atoms with van der Waals surface area (Å²) in [5.74, 6) is 0. The second-order valence-corrected chi connectivity index (χ2v) is 20.1. The van der Waals surface area contributed by atoms with E-state index < -0.39 is 0 Å². The maximum Gasteiger partial charge on any atom is 0.137 e. The molecule has 0 amide bonds. The first-order chi connectivity index (χ1) is 22.5. The van der Waals surface area contributed by atoms with Gasteiger partial charge in [-0.15, -0.1) is 11.3 Å². The van der Waals surface area contributed by atoms with Crippen LogP contribution < -0.4 is 0 Å². The van der Waals surface area contributed by atoms with E-state index in [1.54, 1.807) is 53.1 Å². The Labute approximate surface area is 316 Å². The van der Waals surface area contributed by atoms with Gasteiger partial charge in [0.15, 0.2) is 0 Å². The summed E-state index contributed by atoms with van der Waals surface area (Å²) in [6, 6.07) is 4.04. The van der Waals surface area contributed by atoms with E-state index in [9.17, 15) is 0 Å². The minimum Gasteiger partial charge on any atom is -0.351 e. The van der Waals surface area contributed by atoms with Gasteiger partial charge in [-0.25, -0.2) is 15.0 Å². The second kappa shape index (κ2) is 34.3. The zero-order chi connectivity index (χ0) is 40.2. The molecule has 5 heterocycles. The van der Waals surface area contributed by atoms with Gasteiger partial charge < -0.3 is 4.98 Å². The minimum absolute atomic E-state index is 0.500. The largest absolute Gasteiger partial charge is 0.351 e. The maximum atomic E-state index is 3.74. The maximum absolute atomic E-state index is 3.74. The molecular weight excluding hydrogens is 659 g/mol. The molecule has 5 aromatic heterocycles. The fourth-order valence-electron chi connectivity index (χ4n) is 0.951. The summed E-state index contributed by atoms with van der Waals surface area (Å²) >= 11 is 3.31. The Morgan fingerprint density at radius 1 is 0.400 bits per heavy atom. The number of imidazole rings is 1. The van der Waals surface area contributed by atoms with Crippen LogP contribution in [0.2, 0.25) is 0 Å². The zero-order valence-electron chi connectivity index (χ0n) is 35.6. The van der Waals surface area contributed by atoms with Gasteiger partial charge in [0.05, 0.1) is 11.8 Å². The number of thiophene rings is 1. The number of nitrogens with one attached hydrogen (secondary N) is 3. The average Bonchev–Trinajstić information content (AvgIpc) is 3.76. The molecule has 3 N–H and O–H groups in total. The highest BCUT2D eigenvalue weighted by atomic mass is 32.1. The molecule has 5 rings (SSSR count). The van der Waals surface area contributed by atoms with Gasteiger partial charge in [0, 0.05) is 24.0 Å². The van der Waals surface area contributed by atoms with Gasteiger partial charge in [-0.3, -0.25) is 15.2 Å². The molecule has 0 saturated heterocycles. The van der Waals surface area contributed by atoms with Gasteiger partial charge in [0.25, 0.3) is 0 Å². The van der Waals surface area contributed by atoms with Crippen LogP contribution in [0, 0.1) is 27.1 Å². The Balaban J connectivity index is -0.000000150. The van der Waals surface area contributed by atoms with Crippen LogP contribution in [0.1, 0.15) is 138 Å². The van der Waals surface area contributed by atoms with Crippen molar-refractivity contribution >= 4 is 22.7 Å². The van der Waals surface area contributed by atoms with Crippen molar-refractivity contribution in [2.45, 2.75) is 138 Å². The summed E-state index contributed by atoms with van der Waals surface area (Å²) in [5, 5.41) is 18.0. The van der Waals surface area contributed by atoms with E-state index >= 15 is 0 Å². The van der Waals surface area contributed by atoms with Crippen LogP contribution in [0.4, 0.5) is 0 Å². The number of aromatic amines is 3. The highest BCUT2D eigenvalue weighted by molar-refractivity contribution is 7.07. The van der Waals surface area contributed by atoms with E-state index in [0.717, 1.165) is 0 Å². The zero-order valence-corrected chi connectivity index (χ0v) is 37.2. The summed E-state index contributed by atoms with van der Waals surface area (Å²) in [5.41, 5.74) is 4.29. The average molecular weight is 736 g/mol. The lowest BCUT2D eigenvalue weighted by atomic mass is 10.0. The third-order valence-corrected chi connectivity index (χ3v) is 2.99. The van der Waals surface area contributed by atoms with E-state index in [1.165, 1.54) is 25.3 Å². The Hall–Kier alpha value is -3.18. The number of hydrogen-bond acceptors (Lipinski definition) is 8. The van der Waals surface area contributed by atoms with Crippen LogP contribution in [0.15, 0.2) is 84.0 Å². The Morgan fingerprint density at radius 3 is 0.840 bits per heavy atom. The van der Waals surface area contributed by atoms with Crippen LogP contribution in [0.3, 0.4) is 0 Å². The highest BCUT2D eigenvalue weighted by Gasteiger charge is 1.97. The number of thiazole rings is 1. The summed E-state index contributed by atoms with van der Waals surface area (Å²) in [4.78, 5) is 17.3. The first kappa shape index (κ1) is 56.2. The molecule has 0 aliphatic carbocycles. The summed E-state index contributed by atoms with van der Waals surface area (Å²) < 4.78 is 0. The number of hydrogen-bond donors (Lipinski definition) is 3. The lowest BCUT2D eigenvalue weighted by molar-refractivity contribution is 0.469.